The lowest BCUT2D eigenvalue weighted by molar-refractivity contribution is -0.114. The average Bonchev–Trinajstić information content (AvgIpc) is 3.04. The fourth-order valence-corrected chi connectivity index (χ4v) is 4.06. The Morgan fingerprint density at radius 2 is 1.57 bits per heavy atom. The van der Waals surface area contributed by atoms with Gasteiger partial charge in [-0.25, -0.2) is 8.42 Å². The monoisotopic (exact) mass is 392 g/mol. The number of anilines is 2. The summed E-state index contributed by atoms with van der Waals surface area (Å²) in [6.45, 7) is 0.125. The predicted molar refractivity (Wildman–Crippen MR) is 111 cm³/mol. The predicted octanol–water partition coefficient (Wildman–Crippen LogP) is 3.71. The van der Waals surface area contributed by atoms with E-state index in [-0.39, 0.29) is 17.3 Å². The van der Waals surface area contributed by atoms with Crippen molar-refractivity contribution in [2.45, 2.75) is 11.3 Å². The molecule has 0 saturated heterocycles. The number of rotatable bonds is 5. The Hall–Kier alpha value is -3.12. The van der Waals surface area contributed by atoms with Crippen molar-refractivity contribution in [2.24, 2.45) is 0 Å². The number of carbonyl (C=O) groups is 1. The van der Waals surface area contributed by atoms with Crippen molar-refractivity contribution in [3.8, 4) is 11.1 Å². The van der Waals surface area contributed by atoms with E-state index in [9.17, 15) is 13.2 Å². The van der Waals surface area contributed by atoms with E-state index >= 15 is 0 Å². The van der Waals surface area contributed by atoms with Gasteiger partial charge >= 0.3 is 0 Å². The first kappa shape index (κ1) is 18.3. The van der Waals surface area contributed by atoms with Crippen LogP contribution in [0.25, 0.3) is 11.1 Å². The van der Waals surface area contributed by atoms with Gasteiger partial charge in [0, 0.05) is 17.6 Å². The molecule has 0 aliphatic heterocycles. The molecule has 0 saturated carbocycles. The van der Waals surface area contributed by atoms with Crippen molar-refractivity contribution in [3.63, 3.8) is 0 Å². The van der Waals surface area contributed by atoms with Gasteiger partial charge in [-0.05, 0) is 65.1 Å². The van der Waals surface area contributed by atoms with Gasteiger partial charge in [0.1, 0.15) is 0 Å². The maximum atomic E-state index is 12.2. The van der Waals surface area contributed by atoms with E-state index in [1.54, 1.807) is 12.1 Å². The molecule has 0 unspecified atom stereocenters. The first-order valence-corrected chi connectivity index (χ1v) is 10.8. The average molecular weight is 392 g/mol. The number of sulfone groups is 1. The fourth-order valence-electron chi connectivity index (χ4n) is 3.43. The third kappa shape index (κ3) is 3.77. The number of fused-ring (bicyclic) bond motifs is 3. The SMILES string of the molecule is CS(=O)(=O)c1ccc(NC(=O)CNc2ccc3c(c2)Cc2ccccc2-3)cc1. The lowest BCUT2D eigenvalue weighted by Crippen LogP contribution is -2.21. The second-order valence-corrected chi connectivity index (χ2v) is 8.92. The van der Waals surface area contributed by atoms with Gasteiger partial charge in [-0.1, -0.05) is 30.3 Å². The first-order chi connectivity index (χ1) is 13.4. The number of hydrogen-bond acceptors (Lipinski definition) is 4. The molecule has 2 N–H and O–H groups in total. The summed E-state index contributed by atoms with van der Waals surface area (Å²) in [6, 6.07) is 20.7. The molecule has 0 aromatic heterocycles. The first-order valence-electron chi connectivity index (χ1n) is 8.95. The zero-order valence-electron chi connectivity index (χ0n) is 15.4. The summed E-state index contributed by atoms with van der Waals surface area (Å²) < 4.78 is 23.0. The number of benzene rings is 3. The lowest BCUT2D eigenvalue weighted by atomic mass is 10.1. The van der Waals surface area contributed by atoms with Gasteiger partial charge in [-0.15, -0.1) is 0 Å². The molecule has 142 valence electrons. The van der Waals surface area contributed by atoms with Crippen LogP contribution >= 0.6 is 0 Å². The third-order valence-electron chi connectivity index (χ3n) is 4.81. The van der Waals surface area contributed by atoms with Crippen LogP contribution < -0.4 is 10.6 Å². The molecule has 0 bridgehead atoms. The summed E-state index contributed by atoms with van der Waals surface area (Å²) in [7, 11) is -3.24. The minimum absolute atomic E-state index is 0.125. The Balaban J connectivity index is 1.37. The maximum absolute atomic E-state index is 12.2. The van der Waals surface area contributed by atoms with Crippen molar-refractivity contribution in [2.75, 3.05) is 23.4 Å². The van der Waals surface area contributed by atoms with Crippen molar-refractivity contribution in [1.29, 1.82) is 0 Å². The molecule has 3 aromatic rings. The van der Waals surface area contributed by atoms with E-state index in [2.05, 4.69) is 41.0 Å². The molecule has 6 heteroatoms. The standard InChI is InChI=1S/C22H20N2O3S/c1-28(26,27)19-9-6-17(7-10-19)24-22(25)14-23-18-8-11-21-16(13-18)12-15-4-2-3-5-20(15)21/h2-11,13,23H,12,14H2,1H3,(H,24,25). The van der Waals surface area contributed by atoms with Crippen molar-refractivity contribution >= 4 is 27.1 Å². The van der Waals surface area contributed by atoms with Gasteiger partial charge < -0.3 is 10.6 Å². The Labute approximate surface area is 164 Å². The highest BCUT2D eigenvalue weighted by molar-refractivity contribution is 7.90. The molecule has 0 spiro atoms. The van der Waals surface area contributed by atoms with Crippen LogP contribution in [0.3, 0.4) is 0 Å². The van der Waals surface area contributed by atoms with E-state index < -0.39 is 9.84 Å². The highest BCUT2D eigenvalue weighted by Crippen LogP contribution is 2.37. The Bertz CT molecular complexity index is 1150. The molecule has 1 amide bonds. The smallest absolute Gasteiger partial charge is 0.243 e. The zero-order valence-corrected chi connectivity index (χ0v) is 16.2. The maximum Gasteiger partial charge on any atom is 0.243 e. The van der Waals surface area contributed by atoms with E-state index in [4.69, 9.17) is 0 Å². The van der Waals surface area contributed by atoms with Crippen LogP contribution in [0.2, 0.25) is 0 Å². The van der Waals surface area contributed by atoms with Gasteiger partial charge in [-0.3, -0.25) is 4.79 Å². The molecule has 28 heavy (non-hydrogen) atoms. The van der Waals surface area contributed by atoms with Gasteiger partial charge in [0.25, 0.3) is 0 Å². The van der Waals surface area contributed by atoms with Crippen LogP contribution in [0, 0.1) is 0 Å². The molecule has 5 nitrogen and oxygen atoms in total. The molecule has 1 aliphatic carbocycles. The van der Waals surface area contributed by atoms with Crippen molar-refractivity contribution < 1.29 is 13.2 Å². The largest absolute Gasteiger partial charge is 0.376 e. The Morgan fingerprint density at radius 3 is 2.32 bits per heavy atom. The minimum atomic E-state index is -3.24. The van der Waals surface area contributed by atoms with E-state index in [1.807, 2.05) is 12.1 Å². The highest BCUT2D eigenvalue weighted by Gasteiger charge is 2.17. The second kappa shape index (κ2) is 7.13. The molecule has 3 aromatic carbocycles. The third-order valence-corrected chi connectivity index (χ3v) is 5.94. The highest BCUT2D eigenvalue weighted by atomic mass is 32.2. The normalized spacial score (nSPS) is 12.2. The summed E-state index contributed by atoms with van der Waals surface area (Å²) in [5.74, 6) is -0.198. The Kier molecular flexibility index (Phi) is 4.65. The van der Waals surface area contributed by atoms with E-state index in [1.165, 1.54) is 34.4 Å². The van der Waals surface area contributed by atoms with Gasteiger partial charge in [0.05, 0.1) is 11.4 Å². The lowest BCUT2D eigenvalue weighted by Gasteiger charge is -2.10. The molecular formula is C22H20N2O3S. The van der Waals surface area contributed by atoms with Crippen LogP contribution in [0.1, 0.15) is 11.1 Å². The van der Waals surface area contributed by atoms with Crippen molar-refractivity contribution in [1.82, 2.24) is 0 Å². The minimum Gasteiger partial charge on any atom is -0.376 e. The number of nitrogens with one attached hydrogen (secondary N) is 2. The van der Waals surface area contributed by atoms with E-state index in [0.717, 1.165) is 18.4 Å². The van der Waals surface area contributed by atoms with Crippen molar-refractivity contribution in [3.05, 3.63) is 77.9 Å². The molecule has 0 heterocycles. The molecule has 0 fully saturated rings. The van der Waals surface area contributed by atoms with Gasteiger partial charge in [0.2, 0.25) is 5.91 Å². The molecule has 0 radical (unpaired) electrons. The number of carbonyl (C=O) groups excluding carboxylic acids is 1. The summed E-state index contributed by atoms with van der Waals surface area (Å²) >= 11 is 0. The number of amides is 1. The topological polar surface area (TPSA) is 75.3 Å². The van der Waals surface area contributed by atoms with Gasteiger partial charge in [-0.2, -0.15) is 0 Å². The van der Waals surface area contributed by atoms with E-state index in [0.29, 0.717) is 5.69 Å². The fraction of sp³-hybridized carbons (Fsp3) is 0.136. The second-order valence-electron chi connectivity index (χ2n) is 6.90. The van der Waals surface area contributed by atoms with Crippen LogP contribution in [0.5, 0.6) is 0 Å². The molecule has 0 atom stereocenters. The zero-order chi connectivity index (χ0) is 19.7. The quantitative estimate of drug-likeness (QED) is 0.543. The van der Waals surface area contributed by atoms with Crippen LogP contribution in [-0.2, 0) is 21.1 Å². The summed E-state index contributed by atoms with van der Waals surface area (Å²) in [5.41, 5.74) is 6.56. The molecule has 4 rings (SSSR count). The summed E-state index contributed by atoms with van der Waals surface area (Å²) in [6.07, 6.45) is 2.06. The van der Waals surface area contributed by atoms with Crippen LogP contribution in [-0.4, -0.2) is 27.1 Å². The molecule has 1 aliphatic rings. The Morgan fingerprint density at radius 1 is 0.893 bits per heavy atom. The summed E-state index contributed by atoms with van der Waals surface area (Å²) in [4.78, 5) is 12.4. The van der Waals surface area contributed by atoms with Crippen LogP contribution in [0.4, 0.5) is 11.4 Å². The van der Waals surface area contributed by atoms with Gasteiger partial charge in [0.15, 0.2) is 9.84 Å². The summed E-state index contributed by atoms with van der Waals surface area (Å²) in [5, 5.41) is 5.91. The molecular weight excluding hydrogens is 372 g/mol. The van der Waals surface area contributed by atoms with Crippen LogP contribution in [0.15, 0.2) is 71.6 Å². The number of hydrogen-bond donors (Lipinski definition) is 2.